The van der Waals surface area contributed by atoms with Gasteiger partial charge in [0.15, 0.2) is 0 Å². The Labute approximate surface area is 134 Å². The molecule has 0 saturated heterocycles. The molecule has 0 N–H and O–H groups in total. The first-order valence-electron chi connectivity index (χ1n) is 7.14. The van der Waals surface area contributed by atoms with Gasteiger partial charge in [0.2, 0.25) is 0 Å². The molecule has 0 aliphatic carbocycles. The number of pyridine rings is 1. The monoisotopic (exact) mass is 302 g/mol. The van der Waals surface area contributed by atoms with Crippen LogP contribution in [0.4, 0.5) is 0 Å². The van der Waals surface area contributed by atoms with E-state index < -0.39 is 0 Å². The van der Waals surface area contributed by atoms with Gasteiger partial charge in [-0.3, -0.25) is 0 Å². The molecule has 4 nitrogen and oxygen atoms in total. The van der Waals surface area contributed by atoms with Crippen LogP contribution in [0.5, 0.6) is 17.2 Å². The topological polar surface area (TPSA) is 55.1 Å². The van der Waals surface area contributed by atoms with Crippen LogP contribution < -0.4 is 9.47 Å². The summed E-state index contributed by atoms with van der Waals surface area (Å²) in [5.74, 6) is 2.05. The molecule has 3 aromatic rings. The molecule has 0 atom stereocenters. The van der Waals surface area contributed by atoms with E-state index in [1.807, 2.05) is 60.7 Å². The van der Waals surface area contributed by atoms with Gasteiger partial charge in [0.25, 0.3) is 0 Å². The van der Waals surface area contributed by atoms with Crippen molar-refractivity contribution in [2.24, 2.45) is 0 Å². The molecule has 23 heavy (non-hydrogen) atoms. The van der Waals surface area contributed by atoms with Gasteiger partial charge in [0.1, 0.15) is 35.6 Å². The number of nitrogens with zero attached hydrogens (tertiary/aromatic N) is 2. The molecular weight excluding hydrogens is 288 g/mol. The Kier molecular flexibility index (Phi) is 4.51. The zero-order valence-electron chi connectivity index (χ0n) is 12.3. The maximum atomic E-state index is 8.71. The minimum atomic E-state index is 0.363. The van der Waals surface area contributed by atoms with Gasteiger partial charge in [-0.1, -0.05) is 30.3 Å². The second-order valence-corrected chi connectivity index (χ2v) is 4.84. The molecule has 1 aromatic heterocycles. The van der Waals surface area contributed by atoms with Crippen molar-refractivity contribution in [2.75, 3.05) is 0 Å². The lowest BCUT2D eigenvalue weighted by atomic mass is 10.2. The molecule has 0 bridgehead atoms. The lowest BCUT2D eigenvalue weighted by Crippen LogP contribution is -1.94. The number of rotatable bonds is 5. The quantitative estimate of drug-likeness (QED) is 0.704. The summed E-state index contributed by atoms with van der Waals surface area (Å²) in [6, 6.07) is 22.7. The fraction of sp³-hybridized carbons (Fsp3) is 0.0526. The highest BCUT2D eigenvalue weighted by molar-refractivity contribution is 5.35. The highest BCUT2D eigenvalue weighted by Gasteiger charge is 2.00. The van der Waals surface area contributed by atoms with Crippen molar-refractivity contribution in [1.29, 1.82) is 5.26 Å². The second-order valence-electron chi connectivity index (χ2n) is 4.84. The van der Waals surface area contributed by atoms with Gasteiger partial charge >= 0.3 is 0 Å². The maximum Gasteiger partial charge on any atom is 0.145 e. The van der Waals surface area contributed by atoms with Crippen LogP contribution in [0.1, 0.15) is 11.3 Å². The van der Waals surface area contributed by atoms with Crippen LogP contribution in [0.2, 0.25) is 0 Å². The summed E-state index contributed by atoms with van der Waals surface area (Å²) in [6.07, 6.45) is 1.53. The highest BCUT2D eigenvalue weighted by atomic mass is 16.5. The van der Waals surface area contributed by atoms with E-state index in [-0.39, 0.29) is 0 Å². The van der Waals surface area contributed by atoms with E-state index in [0.717, 1.165) is 11.3 Å². The third-order valence-electron chi connectivity index (χ3n) is 3.16. The largest absolute Gasteiger partial charge is 0.489 e. The molecule has 4 heteroatoms. The zero-order valence-corrected chi connectivity index (χ0v) is 12.3. The molecular formula is C19H14N2O2. The van der Waals surface area contributed by atoms with Gasteiger partial charge in [-0.25, -0.2) is 4.98 Å². The summed E-state index contributed by atoms with van der Waals surface area (Å²) in [6.45, 7) is 0.528. The molecule has 0 fully saturated rings. The van der Waals surface area contributed by atoms with E-state index in [4.69, 9.17) is 14.7 Å². The van der Waals surface area contributed by atoms with E-state index in [1.54, 1.807) is 12.1 Å². The predicted molar refractivity (Wildman–Crippen MR) is 86.2 cm³/mol. The van der Waals surface area contributed by atoms with Gasteiger partial charge in [-0.05, 0) is 42.0 Å². The first-order valence-corrected chi connectivity index (χ1v) is 7.14. The first kappa shape index (κ1) is 14.6. The Bertz CT molecular complexity index is 792. The van der Waals surface area contributed by atoms with E-state index >= 15 is 0 Å². The fourth-order valence-corrected chi connectivity index (χ4v) is 1.99. The smallest absolute Gasteiger partial charge is 0.145 e. The first-order chi connectivity index (χ1) is 11.3. The molecule has 0 saturated carbocycles. The lowest BCUT2D eigenvalue weighted by Gasteiger charge is -2.08. The third kappa shape index (κ3) is 4.08. The Morgan fingerprint density at radius 1 is 0.826 bits per heavy atom. The normalized spacial score (nSPS) is 9.87. The van der Waals surface area contributed by atoms with Crippen molar-refractivity contribution in [3.05, 3.63) is 84.2 Å². The van der Waals surface area contributed by atoms with Crippen molar-refractivity contribution >= 4 is 0 Å². The summed E-state index contributed by atoms with van der Waals surface area (Å²) in [7, 11) is 0. The molecule has 0 aliphatic heterocycles. The lowest BCUT2D eigenvalue weighted by molar-refractivity contribution is 0.306. The molecule has 2 aromatic carbocycles. The van der Waals surface area contributed by atoms with Crippen LogP contribution in [0.15, 0.2) is 72.9 Å². The van der Waals surface area contributed by atoms with E-state index in [9.17, 15) is 0 Å². The summed E-state index contributed by atoms with van der Waals surface area (Å²) >= 11 is 0. The van der Waals surface area contributed by atoms with Crippen molar-refractivity contribution in [2.45, 2.75) is 6.61 Å². The van der Waals surface area contributed by atoms with Crippen molar-refractivity contribution in [3.8, 4) is 23.3 Å². The van der Waals surface area contributed by atoms with Crippen LogP contribution in [0.25, 0.3) is 0 Å². The third-order valence-corrected chi connectivity index (χ3v) is 3.16. The number of hydrogen-bond acceptors (Lipinski definition) is 4. The van der Waals surface area contributed by atoms with Crippen LogP contribution >= 0.6 is 0 Å². The summed E-state index contributed by atoms with van der Waals surface area (Å²) in [5, 5.41) is 8.71. The van der Waals surface area contributed by atoms with Crippen LogP contribution in [-0.4, -0.2) is 4.98 Å². The zero-order chi connectivity index (χ0) is 15.9. The molecule has 112 valence electrons. The number of aromatic nitrogens is 1. The minimum absolute atomic E-state index is 0.363. The SMILES string of the molecule is N#Cc1ccc(Oc2ccc(OCc3ccccc3)cc2)cn1. The van der Waals surface area contributed by atoms with Crippen molar-refractivity contribution < 1.29 is 9.47 Å². The van der Waals surface area contributed by atoms with E-state index in [0.29, 0.717) is 23.8 Å². The van der Waals surface area contributed by atoms with Gasteiger partial charge in [-0.2, -0.15) is 5.26 Å². The molecule has 0 spiro atoms. The fourth-order valence-electron chi connectivity index (χ4n) is 1.99. The number of nitriles is 1. The Balaban J connectivity index is 1.59. The van der Waals surface area contributed by atoms with Gasteiger partial charge < -0.3 is 9.47 Å². The Morgan fingerprint density at radius 3 is 2.17 bits per heavy atom. The average Bonchev–Trinajstić information content (AvgIpc) is 2.63. The van der Waals surface area contributed by atoms with E-state index in [2.05, 4.69) is 4.98 Å². The van der Waals surface area contributed by atoms with Crippen LogP contribution in [-0.2, 0) is 6.61 Å². The van der Waals surface area contributed by atoms with Crippen LogP contribution in [0, 0.1) is 11.3 Å². The summed E-state index contributed by atoms with van der Waals surface area (Å²) in [5.41, 5.74) is 1.48. The molecule has 1 heterocycles. The molecule has 0 radical (unpaired) electrons. The predicted octanol–water partition coefficient (Wildman–Crippen LogP) is 4.32. The number of hydrogen-bond donors (Lipinski definition) is 0. The second kappa shape index (κ2) is 7.10. The van der Waals surface area contributed by atoms with Crippen LogP contribution in [0.3, 0.4) is 0 Å². The van der Waals surface area contributed by atoms with Crippen molar-refractivity contribution in [3.63, 3.8) is 0 Å². The average molecular weight is 302 g/mol. The molecule has 0 amide bonds. The molecule has 3 rings (SSSR count). The highest BCUT2D eigenvalue weighted by Crippen LogP contribution is 2.23. The molecule has 0 unspecified atom stereocenters. The van der Waals surface area contributed by atoms with Gasteiger partial charge in [0, 0.05) is 0 Å². The standard InChI is InChI=1S/C19H14N2O2/c20-12-16-6-7-19(13-21-16)23-18-10-8-17(9-11-18)22-14-15-4-2-1-3-5-15/h1-11,13H,14H2. The number of ether oxygens (including phenoxy) is 2. The van der Waals surface area contributed by atoms with E-state index in [1.165, 1.54) is 6.20 Å². The Hall–Kier alpha value is -3.32. The minimum Gasteiger partial charge on any atom is -0.489 e. The van der Waals surface area contributed by atoms with Gasteiger partial charge in [0.05, 0.1) is 6.20 Å². The van der Waals surface area contributed by atoms with Crippen molar-refractivity contribution in [1.82, 2.24) is 4.98 Å². The van der Waals surface area contributed by atoms with Gasteiger partial charge in [-0.15, -0.1) is 0 Å². The summed E-state index contributed by atoms with van der Waals surface area (Å²) < 4.78 is 11.4. The molecule has 0 aliphatic rings. The number of benzene rings is 2. The summed E-state index contributed by atoms with van der Waals surface area (Å²) in [4.78, 5) is 3.96. The maximum absolute atomic E-state index is 8.71. The Morgan fingerprint density at radius 2 is 1.52 bits per heavy atom.